The summed E-state index contributed by atoms with van der Waals surface area (Å²) in [4.78, 5) is 32.3. The van der Waals surface area contributed by atoms with Crippen molar-refractivity contribution in [3.05, 3.63) is 106 Å². The summed E-state index contributed by atoms with van der Waals surface area (Å²) in [5, 5.41) is 27.9. The van der Waals surface area contributed by atoms with Crippen LogP contribution in [0.2, 0.25) is 0 Å². The molecule has 352 valence electrons. The molecule has 0 aliphatic carbocycles. The first kappa shape index (κ1) is 47.4. The topological polar surface area (TPSA) is 156 Å². The second-order valence-electron chi connectivity index (χ2n) is 17.1. The Hall–Kier alpha value is -6.52. The maximum Gasteiger partial charge on any atom is 0.337 e. The number of ether oxygens (including phenoxy) is 4. The highest BCUT2D eigenvalue weighted by molar-refractivity contribution is 6.15. The lowest BCUT2D eigenvalue weighted by molar-refractivity contribution is 0.145. The number of piperidine rings is 1. The van der Waals surface area contributed by atoms with Crippen molar-refractivity contribution in [1.29, 1.82) is 0 Å². The number of anilines is 2. The van der Waals surface area contributed by atoms with Gasteiger partial charge in [-0.3, -0.25) is 0 Å². The smallest absolute Gasteiger partial charge is 0.337 e. The monoisotopic (exact) mass is 904 g/mol. The molecule has 2 fully saturated rings. The van der Waals surface area contributed by atoms with Crippen LogP contribution in [0, 0.1) is 0 Å². The van der Waals surface area contributed by atoms with Crippen LogP contribution in [0.4, 0.5) is 21.0 Å². The molecule has 4 amide bonds. The van der Waals surface area contributed by atoms with Crippen molar-refractivity contribution in [2.75, 3.05) is 98.7 Å². The number of nitrogens with zero attached hydrogens (tertiary/aromatic N) is 7. The van der Waals surface area contributed by atoms with Gasteiger partial charge in [0, 0.05) is 87.0 Å². The Bertz CT molecular complexity index is 2230. The van der Waals surface area contributed by atoms with E-state index < -0.39 is 0 Å². The molecule has 4 aromatic carbocycles. The van der Waals surface area contributed by atoms with E-state index in [9.17, 15) is 14.7 Å². The highest BCUT2D eigenvalue weighted by Gasteiger charge is 2.31. The van der Waals surface area contributed by atoms with Gasteiger partial charge in [-0.2, -0.15) is 10.2 Å². The number of hydrazone groups is 2. The number of aliphatic hydroxyl groups excluding tert-OH is 1. The number of carbonyl (C=O) groups is 2. The highest BCUT2D eigenvalue weighted by Crippen LogP contribution is 2.37. The van der Waals surface area contributed by atoms with Crippen LogP contribution < -0.4 is 39.4 Å². The van der Waals surface area contributed by atoms with Gasteiger partial charge in [0.25, 0.3) is 0 Å². The Morgan fingerprint density at radius 1 is 0.576 bits per heavy atom. The fraction of sp³-hybridized carbons (Fsp3) is 0.440. The molecule has 4 heterocycles. The molecule has 1 unspecified atom stereocenters. The number of methoxy groups -OCH3 is 4. The normalized spacial score (nSPS) is 18.8. The van der Waals surface area contributed by atoms with Gasteiger partial charge in [0.1, 0.15) is 0 Å². The number of fused-ring (bicyclic) bond motifs is 2. The predicted octanol–water partition coefficient (Wildman–Crippen LogP) is 5.80. The molecule has 2 saturated heterocycles. The summed E-state index contributed by atoms with van der Waals surface area (Å²) in [6.45, 7) is 9.79. The lowest BCUT2D eigenvalue weighted by Gasteiger charge is -2.34. The summed E-state index contributed by atoms with van der Waals surface area (Å²) < 4.78 is 22.2. The van der Waals surface area contributed by atoms with Gasteiger partial charge < -0.3 is 49.4 Å². The summed E-state index contributed by atoms with van der Waals surface area (Å²) in [6.07, 6.45) is 2.63. The number of rotatable bonds is 8. The third-order valence-electron chi connectivity index (χ3n) is 12.8. The number of likely N-dealkylation sites (N-methyl/N-ethyl adjacent to an activating group) is 1. The standard InChI is InChI=1S/C25H33N5O3.C25H32N4O4/c1-17-14-19-15-22(32-4)23(33-5)16-21(19)24(27-30(17)25(31)26-2)18-6-8-20(9-7-18)29-12-10-28(3)11-13-29;1-16-13-18-14-22(32-3)23(33-4)15-21(18)24(27-29(16)25(31)26-2)17-5-7-19(8-6-17)28-11-9-20(30)10-12-28/h6-9,15-17H,10-14H2,1-5H3,(H,26,31);5-8,14-16,20,30H,9-13H2,1-4H3,(H,26,31)/t17-;/m1./s1. The summed E-state index contributed by atoms with van der Waals surface area (Å²) in [5.74, 6) is 2.58. The number of piperazine rings is 1. The second kappa shape index (κ2) is 21.2. The van der Waals surface area contributed by atoms with E-state index in [1.165, 1.54) is 15.7 Å². The minimum Gasteiger partial charge on any atom is -0.493 e. The molecule has 8 rings (SSSR count). The van der Waals surface area contributed by atoms with E-state index in [2.05, 4.69) is 68.8 Å². The summed E-state index contributed by atoms with van der Waals surface area (Å²) in [7, 11) is 11.9. The maximum atomic E-state index is 12.6. The lowest BCUT2D eigenvalue weighted by Crippen LogP contribution is -2.44. The SMILES string of the molecule is CNC(=O)N1N=C(c2ccc(N3CCC(O)CC3)cc2)c2cc(OC)c(OC)cc2CC1C.CNC(=O)N1N=C(c2ccc(N3CCN(C)CC3)cc2)c2cc(OC)c(OC)cc2C[C@H]1C. The van der Waals surface area contributed by atoms with Crippen molar-refractivity contribution in [2.45, 2.75) is 57.7 Å². The molecule has 16 heteroatoms. The van der Waals surface area contributed by atoms with Gasteiger partial charge in [0.2, 0.25) is 0 Å². The number of urea groups is 2. The first-order chi connectivity index (χ1) is 31.9. The van der Waals surface area contributed by atoms with E-state index in [-0.39, 0.29) is 30.2 Å². The quantitative estimate of drug-likeness (QED) is 0.198. The number of carbonyl (C=O) groups excluding carboxylic acids is 2. The fourth-order valence-electron chi connectivity index (χ4n) is 8.95. The van der Waals surface area contributed by atoms with Crippen LogP contribution >= 0.6 is 0 Å². The van der Waals surface area contributed by atoms with E-state index in [1.807, 2.05) is 50.2 Å². The van der Waals surface area contributed by atoms with E-state index in [0.29, 0.717) is 41.6 Å². The lowest BCUT2D eigenvalue weighted by atomic mass is 9.93. The predicted molar refractivity (Wildman–Crippen MR) is 259 cm³/mol. The minimum absolute atomic E-state index is 0.121. The maximum absolute atomic E-state index is 12.6. The van der Waals surface area contributed by atoms with Gasteiger partial charge in [0.05, 0.1) is 58.1 Å². The first-order valence-electron chi connectivity index (χ1n) is 22.7. The fourth-order valence-corrected chi connectivity index (χ4v) is 8.95. The van der Waals surface area contributed by atoms with Crippen LogP contribution in [0.15, 0.2) is 83.0 Å². The van der Waals surface area contributed by atoms with E-state index in [0.717, 1.165) is 96.9 Å². The van der Waals surface area contributed by atoms with Crippen LogP contribution in [-0.2, 0) is 12.8 Å². The van der Waals surface area contributed by atoms with Gasteiger partial charge in [0.15, 0.2) is 23.0 Å². The van der Waals surface area contributed by atoms with Gasteiger partial charge in [-0.1, -0.05) is 24.3 Å². The Morgan fingerprint density at radius 3 is 1.30 bits per heavy atom. The molecule has 2 atom stereocenters. The average Bonchev–Trinajstić information content (AvgIpc) is 3.58. The zero-order valence-electron chi connectivity index (χ0n) is 39.8. The zero-order valence-corrected chi connectivity index (χ0v) is 39.8. The van der Waals surface area contributed by atoms with Gasteiger partial charge in [-0.15, -0.1) is 0 Å². The molecule has 66 heavy (non-hydrogen) atoms. The Kier molecular flexibility index (Phi) is 15.2. The summed E-state index contributed by atoms with van der Waals surface area (Å²) >= 11 is 0. The third-order valence-corrected chi connectivity index (χ3v) is 12.8. The van der Waals surface area contributed by atoms with Gasteiger partial charge in [-0.25, -0.2) is 19.6 Å². The Labute approximate surface area is 388 Å². The van der Waals surface area contributed by atoms with Crippen molar-refractivity contribution in [3.63, 3.8) is 0 Å². The largest absolute Gasteiger partial charge is 0.493 e. The van der Waals surface area contributed by atoms with Crippen LogP contribution in [0.5, 0.6) is 23.0 Å². The minimum atomic E-state index is -0.254. The number of hydrogen-bond donors (Lipinski definition) is 3. The molecular formula is C50H65N9O7. The number of benzene rings is 4. The number of amides is 4. The molecule has 0 bridgehead atoms. The molecule has 4 aliphatic heterocycles. The number of hydrogen-bond acceptors (Lipinski definition) is 12. The molecule has 0 radical (unpaired) electrons. The molecule has 0 spiro atoms. The molecule has 4 aliphatic rings. The van der Waals surface area contributed by atoms with Crippen molar-refractivity contribution >= 4 is 34.9 Å². The summed E-state index contributed by atoms with van der Waals surface area (Å²) in [6, 6.07) is 23.8. The number of nitrogens with one attached hydrogen (secondary N) is 2. The second-order valence-corrected chi connectivity index (χ2v) is 17.1. The van der Waals surface area contributed by atoms with Gasteiger partial charge in [-0.05, 0) is 106 Å². The van der Waals surface area contributed by atoms with Crippen LogP contribution in [0.3, 0.4) is 0 Å². The van der Waals surface area contributed by atoms with Crippen molar-refractivity contribution in [1.82, 2.24) is 25.6 Å². The van der Waals surface area contributed by atoms with E-state index in [1.54, 1.807) is 42.5 Å². The molecule has 3 N–H and O–H groups in total. The third kappa shape index (κ3) is 10.3. The molecule has 16 nitrogen and oxygen atoms in total. The molecule has 0 aromatic heterocycles. The highest BCUT2D eigenvalue weighted by atomic mass is 16.5. The first-order valence-corrected chi connectivity index (χ1v) is 22.7. The van der Waals surface area contributed by atoms with Crippen molar-refractivity contribution < 1.29 is 33.6 Å². The number of aliphatic hydroxyl groups is 1. The summed E-state index contributed by atoms with van der Waals surface area (Å²) in [5.41, 5.74) is 9.58. The average molecular weight is 904 g/mol. The van der Waals surface area contributed by atoms with Crippen molar-refractivity contribution in [2.24, 2.45) is 10.2 Å². The Balaban J connectivity index is 0.000000196. The van der Waals surface area contributed by atoms with E-state index in [4.69, 9.17) is 29.2 Å². The van der Waals surface area contributed by atoms with Crippen LogP contribution in [-0.4, -0.2) is 151 Å². The van der Waals surface area contributed by atoms with Crippen molar-refractivity contribution in [3.8, 4) is 23.0 Å². The van der Waals surface area contributed by atoms with E-state index >= 15 is 0 Å². The van der Waals surface area contributed by atoms with Gasteiger partial charge >= 0.3 is 12.1 Å². The van der Waals surface area contributed by atoms with Crippen LogP contribution in [0.1, 0.15) is 60.1 Å². The molecular weight excluding hydrogens is 839 g/mol. The molecule has 4 aromatic rings. The molecule has 0 saturated carbocycles. The zero-order chi connectivity index (χ0) is 47.1. The van der Waals surface area contributed by atoms with Crippen LogP contribution in [0.25, 0.3) is 0 Å². The Morgan fingerprint density at radius 2 is 0.939 bits per heavy atom.